The Morgan fingerprint density at radius 1 is 1.09 bits per heavy atom. The average molecular weight is 609 g/mol. The van der Waals surface area contributed by atoms with Gasteiger partial charge >= 0.3 is 11.8 Å². The lowest BCUT2D eigenvalue weighted by Gasteiger charge is -2.44. The third-order valence-corrected chi connectivity index (χ3v) is 8.82. The summed E-state index contributed by atoms with van der Waals surface area (Å²) >= 11 is 6.40. The number of aromatic nitrogens is 6. The fraction of sp³-hybridized carbons (Fsp3) is 0.533. The lowest BCUT2D eigenvalue weighted by molar-refractivity contribution is 0.0940. The first-order valence-electron chi connectivity index (χ1n) is 15.0. The van der Waals surface area contributed by atoms with Gasteiger partial charge in [0, 0.05) is 49.7 Å². The van der Waals surface area contributed by atoms with Gasteiger partial charge in [0.05, 0.1) is 28.4 Å². The second-order valence-electron chi connectivity index (χ2n) is 11.9. The smallest absolute Gasteiger partial charge is 0.439 e. The second-order valence-corrected chi connectivity index (χ2v) is 12.4. The van der Waals surface area contributed by atoms with E-state index in [1.54, 1.807) is 17.3 Å². The number of ether oxygens (including phenoxy) is 1. The summed E-state index contributed by atoms with van der Waals surface area (Å²) in [4.78, 5) is 45.7. The number of fused-ring (bicyclic) bond motifs is 1. The molecule has 43 heavy (non-hydrogen) atoms. The van der Waals surface area contributed by atoms with E-state index in [4.69, 9.17) is 30.8 Å². The van der Waals surface area contributed by atoms with Gasteiger partial charge in [-0.25, -0.2) is 19.6 Å². The highest BCUT2D eigenvalue weighted by Crippen LogP contribution is 2.38. The van der Waals surface area contributed by atoms with Gasteiger partial charge < -0.3 is 19.1 Å². The zero-order valence-corrected chi connectivity index (χ0v) is 25.7. The minimum atomic E-state index is -0.664. The van der Waals surface area contributed by atoms with Crippen molar-refractivity contribution in [2.24, 2.45) is 11.8 Å². The van der Waals surface area contributed by atoms with E-state index in [2.05, 4.69) is 45.4 Å². The summed E-state index contributed by atoms with van der Waals surface area (Å²) in [6, 6.07) is 3.61. The Morgan fingerprint density at radius 3 is 2.49 bits per heavy atom. The number of carbonyl (C=O) groups excluding carboxylic acids is 1. The number of piperazine rings is 1. The van der Waals surface area contributed by atoms with E-state index in [0.29, 0.717) is 47.5 Å². The number of aromatic amines is 1. The summed E-state index contributed by atoms with van der Waals surface area (Å²) < 4.78 is 12.4. The number of hydrogen-bond donors (Lipinski definition) is 1. The molecule has 4 aromatic heterocycles. The number of carbonyl (C=O) groups is 1. The van der Waals surface area contributed by atoms with Crippen LogP contribution in [0.5, 0.6) is 0 Å². The standard InChI is InChI=1S/C30H37ClN8O4/c1-5-42-30(41)37-14-18(3)39(19(4)15-37)28-34-23-11-24(27-35-29(40)43-36-27)33-25(21-10-22(31)13-32-12-21)26(23)38(28)16-20-8-6-17(2)7-9-20/h10-13,17-20H,5-9,14-16H2,1-4H3,(H,35,36,40)/t17?,18-,19-,20?/m0/s1. The van der Waals surface area contributed by atoms with Crippen molar-refractivity contribution in [2.45, 2.75) is 72.0 Å². The minimum absolute atomic E-state index is 0.0225. The van der Waals surface area contributed by atoms with Crippen LogP contribution in [0.2, 0.25) is 5.02 Å². The molecule has 1 N–H and O–H groups in total. The lowest BCUT2D eigenvalue weighted by atomic mass is 9.83. The first kappa shape index (κ1) is 29.2. The van der Waals surface area contributed by atoms with Crippen molar-refractivity contribution >= 4 is 34.7 Å². The third-order valence-electron chi connectivity index (χ3n) is 8.62. The van der Waals surface area contributed by atoms with Gasteiger partial charge in [0.15, 0.2) is 0 Å². The molecule has 0 unspecified atom stereocenters. The Hall–Kier alpha value is -3.93. The number of anilines is 1. The average Bonchev–Trinajstić information content (AvgIpc) is 3.57. The highest BCUT2D eigenvalue weighted by atomic mass is 35.5. The molecule has 0 radical (unpaired) electrons. The van der Waals surface area contributed by atoms with Crippen LogP contribution in [0.3, 0.4) is 0 Å². The molecule has 2 aliphatic rings. The van der Waals surface area contributed by atoms with Crippen LogP contribution in [-0.4, -0.2) is 72.4 Å². The number of nitrogens with one attached hydrogen (secondary N) is 1. The van der Waals surface area contributed by atoms with E-state index in [1.165, 1.54) is 12.8 Å². The molecule has 4 aromatic rings. The molecule has 0 bridgehead atoms. The maximum atomic E-state index is 12.6. The van der Waals surface area contributed by atoms with Crippen molar-refractivity contribution in [1.82, 2.24) is 34.6 Å². The van der Waals surface area contributed by atoms with Crippen molar-refractivity contribution in [3.63, 3.8) is 0 Å². The van der Waals surface area contributed by atoms with E-state index in [0.717, 1.165) is 42.3 Å². The van der Waals surface area contributed by atoms with Gasteiger partial charge in [-0.05, 0) is 57.6 Å². The van der Waals surface area contributed by atoms with Crippen LogP contribution in [-0.2, 0) is 11.3 Å². The monoisotopic (exact) mass is 608 g/mol. The summed E-state index contributed by atoms with van der Waals surface area (Å²) in [7, 11) is 0. The largest absolute Gasteiger partial charge is 0.450 e. The van der Waals surface area contributed by atoms with Crippen molar-refractivity contribution in [1.29, 1.82) is 0 Å². The number of amides is 1. The molecule has 5 heterocycles. The second kappa shape index (κ2) is 12.0. The van der Waals surface area contributed by atoms with E-state index < -0.39 is 5.76 Å². The first-order valence-corrected chi connectivity index (χ1v) is 15.4. The number of H-pyrrole nitrogens is 1. The molecule has 1 saturated heterocycles. The van der Waals surface area contributed by atoms with Gasteiger partial charge in [-0.15, -0.1) is 0 Å². The predicted octanol–water partition coefficient (Wildman–Crippen LogP) is 5.37. The van der Waals surface area contributed by atoms with Gasteiger partial charge in [-0.2, -0.15) is 0 Å². The Kier molecular flexibility index (Phi) is 8.13. The summed E-state index contributed by atoms with van der Waals surface area (Å²) in [5.41, 5.74) is 3.35. The van der Waals surface area contributed by atoms with E-state index in [1.807, 2.05) is 19.1 Å². The molecule has 2 fully saturated rings. The number of pyridine rings is 2. The summed E-state index contributed by atoms with van der Waals surface area (Å²) in [5.74, 6) is 1.58. The van der Waals surface area contributed by atoms with Crippen LogP contribution in [0.4, 0.5) is 10.7 Å². The molecular weight excluding hydrogens is 572 g/mol. The van der Waals surface area contributed by atoms with E-state index in [-0.39, 0.29) is 24.0 Å². The lowest BCUT2D eigenvalue weighted by Crippen LogP contribution is -2.59. The number of imidazole rings is 1. The van der Waals surface area contributed by atoms with Crippen molar-refractivity contribution in [3.05, 3.63) is 40.1 Å². The Bertz CT molecular complexity index is 1660. The highest BCUT2D eigenvalue weighted by Gasteiger charge is 2.36. The van der Waals surface area contributed by atoms with Gasteiger partial charge in [0.2, 0.25) is 11.8 Å². The SMILES string of the molecule is CCOC(=O)N1C[C@H](C)N(c2nc3cc(-c4noc(=O)[nH]4)nc(-c4cncc(Cl)c4)c3n2CC2CCC(C)CC2)[C@@H](C)C1. The Morgan fingerprint density at radius 2 is 1.84 bits per heavy atom. The van der Waals surface area contributed by atoms with Crippen LogP contribution < -0.4 is 10.7 Å². The third kappa shape index (κ3) is 5.84. The van der Waals surface area contributed by atoms with Gasteiger partial charge in [0.25, 0.3) is 0 Å². The fourth-order valence-corrected chi connectivity index (χ4v) is 6.74. The van der Waals surface area contributed by atoms with Crippen LogP contribution >= 0.6 is 11.6 Å². The normalized spacial score (nSPS) is 22.7. The van der Waals surface area contributed by atoms with Crippen molar-refractivity contribution in [2.75, 3.05) is 24.6 Å². The van der Waals surface area contributed by atoms with Crippen LogP contribution in [0.1, 0.15) is 53.4 Å². The highest BCUT2D eigenvalue weighted by molar-refractivity contribution is 6.30. The number of rotatable bonds is 6. The molecule has 0 aromatic carbocycles. The maximum absolute atomic E-state index is 12.6. The molecule has 6 rings (SSSR count). The van der Waals surface area contributed by atoms with Gasteiger partial charge in [-0.3, -0.25) is 14.5 Å². The topological polar surface area (TPSA) is 135 Å². The molecule has 1 aliphatic carbocycles. The maximum Gasteiger partial charge on any atom is 0.439 e. The minimum Gasteiger partial charge on any atom is -0.450 e. The molecule has 1 aliphatic heterocycles. The fourth-order valence-electron chi connectivity index (χ4n) is 6.57. The number of halogens is 1. The quantitative estimate of drug-likeness (QED) is 0.306. The number of hydrogen-bond acceptors (Lipinski definition) is 9. The zero-order valence-electron chi connectivity index (χ0n) is 24.9. The molecule has 13 heteroatoms. The van der Waals surface area contributed by atoms with Gasteiger partial charge in [0.1, 0.15) is 5.69 Å². The molecule has 1 amide bonds. The van der Waals surface area contributed by atoms with Crippen LogP contribution in [0.15, 0.2) is 33.8 Å². The van der Waals surface area contributed by atoms with Crippen molar-refractivity contribution in [3.8, 4) is 22.8 Å². The molecule has 0 spiro atoms. The zero-order chi connectivity index (χ0) is 30.2. The van der Waals surface area contributed by atoms with Crippen molar-refractivity contribution < 1.29 is 14.1 Å². The molecule has 2 atom stereocenters. The summed E-state index contributed by atoms with van der Waals surface area (Å²) in [5, 5.41) is 4.37. The summed E-state index contributed by atoms with van der Waals surface area (Å²) in [6.45, 7) is 10.5. The Balaban J connectivity index is 1.53. The number of nitrogens with zero attached hydrogens (tertiary/aromatic N) is 7. The van der Waals surface area contributed by atoms with Crippen LogP contribution in [0, 0.1) is 11.8 Å². The van der Waals surface area contributed by atoms with E-state index in [9.17, 15) is 9.59 Å². The molecule has 12 nitrogen and oxygen atoms in total. The summed E-state index contributed by atoms with van der Waals surface area (Å²) in [6.07, 6.45) is 7.70. The molecule has 1 saturated carbocycles. The first-order chi connectivity index (χ1) is 20.7. The van der Waals surface area contributed by atoms with Gasteiger partial charge in [-0.1, -0.05) is 36.5 Å². The Labute approximate surface area is 254 Å². The van der Waals surface area contributed by atoms with Crippen LogP contribution in [0.25, 0.3) is 33.8 Å². The molecule has 228 valence electrons. The predicted molar refractivity (Wildman–Crippen MR) is 163 cm³/mol. The molecular formula is C30H37ClN8O4. The van der Waals surface area contributed by atoms with E-state index >= 15 is 0 Å².